The van der Waals surface area contributed by atoms with Crippen molar-refractivity contribution < 1.29 is 32.1 Å². The topological polar surface area (TPSA) is 95.8 Å². The average Bonchev–Trinajstić information content (AvgIpc) is 2.76. The fraction of sp³-hybridized carbons (Fsp3) is 0.300. The molecule has 2 aromatic rings. The highest BCUT2D eigenvalue weighted by Gasteiger charge is 2.34. The molecule has 1 fully saturated rings. The molecule has 0 aliphatic carbocycles. The molecule has 8 nitrogen and oxygen atoms in total. The summed E-state index contributed by atoms with van der Waals surface area (Å²) in [5.41, 5.74) is -1.95. The van der Waals surface area contributed by atoms with Gasteiger partial charge < -0.3 is 15.1 Å². The summed E-state index contributed by atoms with van der Waals surface area (Å²) in [6.45, 7) is 0.227. The molecule has 2 amide bonds. The molecule has 1 N–H and O–H groups in total. The molecule has 1 aliphatic heterocycles. The Morgan fingerprint density at radius 2 is 1.72 bits per heavy atom. The summed E-state index contributed by atoms with van der Waals surface area (Å²) in [6.07, 6.45) is -4.71. The van der Waals surface area contributed by atoms with Gasteiger partial charge >= 0.3 is 6.18 Å². The number of alkyl halides is 3. The molecule has 0 spiro atoms. The normalized spacial score (nSPS) is 14.2. The van der Waals surface area contributed by atoms with Crippen LogP contribution in [0.4, 0.5) is 28.9 Å². The summed E-state index contributed by atoms with van der Waals surface area (Å²) in [5, 5.41) is 13.6. The van der Waals surface area contributed by atoms with Crippen molar-refractivity contribution in [3.05, 3.63) is 69.5 Å². The zero-order chi connectivity index (χ0) is 23.5. The summed E-state index contributed by atoms with van der Waals surface area (Å²) in [7, 11) is 0. The number of amides is 2. The van der Waals surface area contributed by atoms with Crippen LogP contribution in [0.5, 0.6) is 0 Å². The molecule has 0 saturated carbocycles. The zero-order valence-corrected chi connectivity index (χ0v) is 16.6. The van der Waals surface area contributed by atoms with Crippen molar-refractivity contribution in [3.8, 4) is 0 Å². The Morgan fingerprint density at radius 1 is 1.06 bits per heavy atom. The number of carbonyl (C=O) groups excluding carboxylic acids is 2. The van der Waals surface area contributed by atoms with E-state index in [2.05, 4.69) is 5.32 Å². The summed E-state index contributed by atoms with van der Waals surface area (Å²) in [4.78, 5) is 37.7. The minimum atomic E-state index is -4.71. The van der Waals surface area contributed by atoms with Gasteiger partial charge in [-0.05, 0) is 24.3 Å². The van der Waals surface area contributed by atoms with Gasteiger partial charge in [0, 0.05) is 32.2 Å². The van der Waals surface area contributed by atoms with Crippen molar-refractivity contribution in [3.63, 3.8) is 0 Å². The van der Waals surface area contributed by atoms with Crippen molar-refractivity contribution in [2.45, 2.75) is 6.18 Å². The van der Waals surface area contributed by atoms with Gasteiger partial charge in [0.2, 0.25) is 5.91 Å². The van der Waals surface area contributed by atoms with Crippen LogP contribution in [0, 0.1) is 15.9 Å². The number of benzene rings is 2. The second kappa shape index (κ2) is 9.20. The molecule has 1 aliphatic rings. The van der Waals surface area contributed by atoms with Gasteiger partial charge in [0.25, 0.3) is 11.6 Å². The molecule has 0 atom stereocenters. The summed E-state index contributed by atoms with van der Waals surface area (Å²) >= 11 is 0. The molecule has 0 unspecified atom stereocenters. The highest BCUT2D eigenvalue weighted by atomic mass is 19.4. The standard InChI is InChI=1S/C20H18F4N4O4/c21-15-4-2-1-3-14(15)19(30)25-12-18(29)27-9-7-26(8-10-27)16-6-5-13(20(22,23)24)11-17(16)28(31)32/h1-6,11H,7-10,12H2,(H,25,30). The maximum absolute atomic E-state index is 13.6. The fourth-order valence-electron chi connectivity index (χ4n) is 3.32. The van der Waals surface area contributed by atoms with E-state index in [4.69, 9.17) is 0 Å². The summed E-state index contributed by atoms with van der Waals surface area (Å²) in [6, 6.07) is 7.63. The van der Waals surface area contributed by atoms with Crippen molar-refractivity contribution >= 4 is 23.2 Å². The van der Waals surface area contributed by atoms with E-state index in [1.165, 1.54) is 28.0 Å². The fourth-order valence-corrected chi connectivity index (χ4v) is 3.32. The van der Waals surface area contributed by atoms with E-state index in [-0.39, 0.29) is 44.0 Å². The number of nitrogens with zero attached hydrogens (tertiary/aromatic N) is 3. The predicted molar refractivity (Wildman–Crippen MR) is 106 cm³/mol. The number of anilines is 1. The Labute approximate surface area is 179 Å². The molecule has 0 radical (unpaired) electrons. The highest BCUT2D eigenvalue weighted by molar-refractivity contribution is 5.96. The summed E-state index contributed by atoms with van der Waals surface area (Å²) < 4.78 is 52.3. The largest absolute Gasteiger partial charge is 0.416 e. The number of hydrogen-bond acceptors (Lipinski definition) is 5. The lowest BCUT2D eigenvalue weighted by Crippen LogP contribution is -2.51. The molecule has 170 valence electrons. The quantitative estimate of drug-likeness (QED) is 0.426. The minimum absolute atomic E-state index is 0.0305. The molecular weight excluding hydrogens is 436 g/mol. The minimum Gasteiger partial charge on any atom is -0.362 e. The van der Waals surface area contributed by atoms with E-state index in [1.54, 1.807) is 0 Å². The van der Waals surface area contributed by atoms with Gasteiger partial charge in [-0.15, -0.1) is 0 Å². The Kier molecular flexibility index (Phi) is 6.61. The maximum atomic E-state index is 13.6. The van der Waals surface area contributed by atoms with Crippen LogP contribution in [0.2, 0.25) is 0 Å². The number of rotatable bonds is 5. The van der Waals surface area contributed by atoms with Crippen LogP contribution in [0.15, 0.2) is 42.5 Å². The van der Waals surface area contributed by atoms with E-state index in [0.717, 1.165) is 18.2 Å². The van der Waals surface area contributed by atoms with E-state index < -0.39 is 40.0 Å². The van der Waals surface area contributed by atoms with Crippen LogP contribution in [0.1, 0.15) is 15.9 Å². The first kappa shape index (κ1) is 23.0. The first-order valence-electron chi connectivity index (χ1n) is 9.49. The monoisotopic (exact) mass is 454 g/mol. The Bertz CT molecular complexity index is 1040. The third-order valence-corrected chi connectivity index (χ3v) is 4.99. The molecular formula is C20H18F4N4O4. The number of carbonyl (C=O) groups is 2. The predicted octanol–water partition coefficient (Wildman–Crippen LogP) is 2.83. The van der Waals surface area contributed by atoms with Gasteiger partial charge in [0.05, 0.1) is 22.6 Å². The Morgan fingerprint density at radius 3 is 2.31 bits per heavy atom. The number of nitro benzene ring substituents is 1. The lowest BCUT2D eigenvalue weighted by Gasteiger charge is -2.36. The van der Waals surface area contributed by atoms with Crippen molar-refractivity contribution in [1.29, 1.82) is 0 Å². The Balaban J connectivity index is 1.60. The maximum Gasteiger partial charge on any atom is 0.416 e. The smallest absolute Gasteiger partial charge is 0.362 e. The summed E-state index contributed by atoms with van der Waals surface area (Å²) in [5.74, 6) is -1.89. The average molecular weight is 454 g/mol. The van der Waals surface area contributed by atoms with Gasteiger partial charge in [-0.2, -0.15) is 13.2 Å². The van der Waals surface area contributed by atoms with E-state index >= 15 is 0 Å². The SMILES string of the molecule is O=C(NCC(=O)N1CCN(c2ccc(C(F)(F)F)cc2[N+](=O)[O-])CC1)c1ccccc1F. The number of nitrogens with one attached hydrogen (secondary N) is 1. The van der Waals surface area contributed by atoms with Crippen molar-refractivity contribution in [2.75, 3.05) is 37.6 Å². The van der Waals surface area contributed by atoms with E-state index in [9.17, 15) is 37.3 Å². The Hall–Kier alpha value is -3.70. The van der Waals surface area contributed by atoms with Gasteiger partial charge in [-0.1, -0.05) is 12.1 Å². The van der Waals surface area contributed by atoms with Crippen molar-refractivity contribution in [1.82, 2.24) is 10.2 Å². The van der Waals surface area contributed by atoms with Gasteiger partial charge in [0.15, 0.2) is 0 Å². The van der Waals surface area contributed by atoms with Crippen LogP contribution in [-0.2, 0) is 11.0 Å². The van der Waals surface area contributed by atoms with Crippen LogP contribution < -0.4 is 10.2 Å². The third kappa shape index (κ3) is 5.13. The number of halogens is 4. The highest BCUT2D eigenvalue weighted by Crippen LogP contribution is 2.36. The third-order valence-electron chi connectivity index (χ3n) is 4.99. The molecule has 12 heteroatoms. The molecule has 0 bridgehead atoms. The zero-order valence-electron chi connectivity index (χ0n) is 16.6. The van der Waals surface area contributed by atoms with E-state index in [0.29, 0.717) is 6.07 Å². The molecule has 2 aromatic carbocycles. The van der Waals surface area contributed by atoms with Crippen LogP contribution >= 0.6 is 0 Å². The first-order valence-corrected chi connectivity index (χ1v) is 9.49. The van der Waals surface area contributed by atoms with Crippen molar-refractivity contribution in [2.24, 2.45) is 0 Å². The van der Waals surface area contributed by atoms with Gasteiger partial charge in [-0.25, -0.2) is 4.39 Å². The number of nitro groups is 1. The lowest BCUT2D eigenvalue weighted by molar-refractivity contribution is -0.384. The van der Waals surface area contributed by atoms with Gasteiger partial charge in [-0.3, -0.25) is 19.7 Å². The van der Waals surface area contributed by atoms with Crippen LogP contribution in [-0.4, -0.2) is 54.4 Å². The van der Waals surface area contributed by atoms with E-state index in [1.807, 2.05) is 0 Å². The molecule has 3 rings (SSSR count). The molecule has 1 heterocycles. The first-order chi connectivity index (χ1) is 15.1. The number of hydrogen-bond donors (Lipinski definition) is 1. The second-order valence-electron chi connectivity index (χ2n) is 6.99. The molecule has 32 heavy (non-hydrogen) atoms. The second-order valence-corrected chi connectivity index (χ2v) is 6.99. The van der Waals surface area contributed by atoms with Crippen LogP contribution in [0.3, 0.4) is 0 Å². The van der Waals surface area contributed by atoms with Crippen LogP contribution in [0.25, 0.3) is 0 Å². The molecule has 1 saturated heterocycles. The lowest BCUT2D eigenvalue weighted by atomic mass is 10.1. The van der Waals surface area contributed by atoms with Gasteiger partial charge in [0.1, 0.15) is 11.5 Å². The number of piperazine rings is 1. The molecule has 0 aromatic heterocycles.